The number of benzene rings is 1. The molecule has 2 nitrogen and oxygen atoms in total. The first kappa shape index (κ1) is 9.00. The van der Waals surface area contributed by atoms with Crippen LogP contribution in [0, 0.1) is 0 Å². The normalized spacial score (nSPS) is 17.9. The van der Waals surface area contributed by atoms with Crippen molar-refractivity contribution < 1.29 is 4.79 Å². The lowest BCUT2D eigenvalue weighted by Gasteiger charge is -2.38. The minimum Gasteiger partial charge on any atom is -0.328 e. The van der Waals surface area contributed by atoms with Crippen LogP contribution in [-0.4, -0.2) is 17.4 Å². The zero-order valence-corrected chi connectivity index (χ0v) is 8.23. The van der Waals surface area contributed by atoms with Crippen molar-refractivity contribution in [2.24, 2.45) is 0 Å². The lowest BCUT2D eigenvalue weighted by atomic mass is 10.0. The Hall–Kier alpha value is -1.57. The highest BCUT2D eigenvalue weighted by Gasteiger charge is 2.32. The quantitative estimate of drug-likeness (QED) is 0.513. The average molecular weight is 187 g/mol. The predicted octanol–water partition coefficient (Wildman–Crippen LogP) is 2.15. The van der Waals surface area contributed by atoms with Gasteiger partial charge in [-0.2, -0.15) is 0 Å². The molecule has 1 aliphatic heterocycles. The molecular weight excluding hydrogens is 174 g/mol. The highest BCUT2D eigenvalue weighted by atomic mass is 16.2. The van der Waals surface area contributed by atoms with Crippen LogP contribution in [-0.2, 0) is 4.79 Å². The number of likely N-dealkylation sites (tertiary alicyclic amines) is 1. The molecule has 1 aromatic carbocycles. The Morgan fingerprint density at radius 3 is 2.50 bits per heavy atom. The van der Waals surface area contributed by atoms with Gasteiger partial charge in [-0.05, 0) is 12.5 Å². The number of hydrogen-bond donors (Lipinski definition) is 0. The molecule has 0 N–H and O–H groups in total. The molecule has 0 bridgehead atoms. The maximum atomic E-state index is 11.4. The molecule has 1 fully saturated rings. The van der Waals surface area contributed by atoms with E-state index in [4.69, 9.17) is 0 Å². The summed E-state index contributed by atoms with van der Waals surface area (Å²) in [6, 6.07) is 10.2. The molecule has 0 aliphatic carbocycles. The van der Waals surface area contributed by atoms with Gasteiger partial charge >= 0.3 is 0 Å². The number of nitrogens with zero attached hydrogens (tertiary/aromatic N) is 1. The first-order valence-corrected chi connectivity index (χ1v) is 4.74. The van der Waals surface area contributed by atoms with Crippen molar-refractivity contribution in [2.45, 2.75) is 13.0 Å². The molecule has 1 heterocycles. The summed E-state index contributed by atoms with van der Waals surface area (Å²) in [6.45, 7) is 6.42. The minimum atomic E-state index is 0.0846. The van der Waals surface area contributed by atoms with Gasteiger partial charge in [-0.1, -0.05) is 36.9 Å². The molecule has 1 amide bonds. The fourth-order valence-electron chi connectivity index (χ4n) is 1.68. The van der Waals surface area contributed by atoms with E-state index in [1.807, 2.05) is 42.2 Å². The second kappa shape index (κ2) is 3.29. The number of hydrogen-bond acceptors (Lipinski definition) is 1. The van der Waals surface area contributed by atoms with Gasteiger partial charge in [-0.3, -0.25) is 4.79 Å². The number of rotatable bonds is 2. The standard InChI is InChI=1S/C12H13NO/c1-9-8-13(12(9)14)10(2)11-6-4-3-5-7-11/h3-7,10H,1,8H2,2H3. The van der Waals surface area contributed by atoms with E-state index >= 15 is 0 Å². The molecule has 1 unspecified atom stereocenters. The molecule has 0 saturated carbocycles. The molecule has 72 valence electrons. The number of carbonyl (C=O) groups excluding carboxylic acids is 1. The van der Waals surface area contributed by atoms with E-state index in [1.54, 1.807) is 0 Å². The molecule has 2 heteroatoms. The Kier molecular flexibility index (Phi) is 2.12. The van der Waals surface area contributed by atoms with Gasteiger partial charge in [0, 0.05) is 5.57 Å². The van der Waals surface area contributed by atoms with Crippen LogP contribution in [0.3, 0.4) is 0 Å². The van der Waals surface area contributed by atoms with Gasteiger partial charge < -0.3 is 4.90 Å². The van der Waals surface area contributed by atoms with E-state index in [1.165, 1.54) is 5.56 Å². The van der Waals surface area contributed by atoms with Gasteiger partial charge in [0.15, 0.2) is 0 Å². The summed E-state index contributed by atoms with van der Waals surface area (Å²) in [5.74, 6) is 0.0846. The lowest BCUT2D eigenvalue weighted by Crippen LogP contribution is -2.46. The van der Waals surface area contributed by atoms with Crippen LogP contribution in [0.25, 0.3) is 0 Å². The fraction of sp³-hybridized carbons (Fsp3) is 0.250. The smallest absolute Gasteiger partial charge is 0.251 e. The maximum absolute atomic E-state index is 11.4. The van der Waals surface area contributed by atoms with Crippen molar-refractivity contribution in [1.82, 2.24) is 4.90 Å². The molecule has 14 heavy (non-hydrogen) atoms. The molecular formula is C12H13NO. The van der Waals surface area contributed by atoms with Crippen LogP contribution in [0.5, 0.6) is 0 Å². The Morgan fingerprint density at radius 2 is 2.00 bits per heavy atom. The van der Waals surface area contributed by atoms with E-state index < -0.39 is 0 Å². The summed E-state index contributed by atoms with van der Waals surface area (Å²) in [6.07, 6.45) is 0. The Labute approximate surface area is 83.8 Å². The van der Waals surface area contributed by atoms with Gasteiger partial charge in [0.1, 0.15) is 0 Å². The van der Waals surface area contributed by atoms with Crippen molar-refractivity contribution in [2.75, 3.05) is 6.54 Å². The Morgan fingerprint density at radius 1 is 1.36 bits per heavy atom. The Bertz CT molecular complexity index is 369. The Balaban J connectivity index is 2.14. The van der Waals surface area contributed by atoms with Crippen LogP contribution in [0.1, 0.15) is 18.5 Å². The third-order valence-corrected chi connectivity index (χ3v) is 2.67. The van der Waals surface area contributed by atoms with Crippen molar-refractivity contribution in [3.8, 4) is 0 Å². The van der Waals surface area contributed by atoms with Crippen LogP contribution >= 0.6 is 0 Å². The summed E-state index contributed by atoms with van der Waals surface area (Å²) < 4.78 is 0. The largest absolute Gasteiger partial charge is 0.328 e. The zero-order valence-electron chi connectivity index (χ0n) is 8.23. The van der Waals surface area contributed by atoms with E-state index in [0.717, 1.165) is 0 Å². The van der Waals surface area contributed by atoms with E-state index in [-0.39, 0.29) is 11.9 Å². The number of amides is 1. The van der Waals surface area contributed by atoms with Crippen molar-refractivity contribution >= 4 is 5.91 Å². The highest BCUT2D eigenvalue weighted by molar-refractivity contribution is 5.99. The van der Waals surface area contributed by atoms with E-state index in [0.29, 0.717) is 12.1 Å². The van der Waals surface area contributed by atoms with Gasteiger partial charge in [0.2, 0.25) is 0 Å². The molecule has 0 radical (unpaired) electrons. The molecule has 1 aliphatic rings. The second-order valence-corrected chi connectivity index (χ2v) is 3.62. The molecule has 1 atom stereocenters. The second-order valence-electron chi connectivity index (χ2n) is 3.62. The summed E-state index contributed by atoms with van der Waals surface area (Å²) in [5.41, 5.74) is 1.89. The van der Waals surface area contributed by atoms with Gasteiger partial charge in [0.25, 0.3) is 5.91 Å². The van der Waals surface area contributed by atoms with Crippen LogP contribution in [0.4, 0.5) is 0 Å². The topological polar surface area (TPSA) is 20.3 Å². The van der Waals surface area contributed by atoms with E-state index in [9.17, 15) is 4.79 Å². The summed E-state index contributed by atoms with van der Waals surface area (Å²) in [4.78, 5) is 13.2. The molecule has 0 aromatic heterocycles. The zero-order chi connectivity index (χ0) is 10.1. The van der Waals surface area contributed by atoms with E-state index in [2.05, 4.69) is 6.58 Å². The molecule has 1 saturated heterocycles. The van der Waals surface area contributed by atoms with Gasteiger partial charge in [-0.25, -0.2) is 0 Å². The van der Waals surface area contributed by atoms with Crippen molar-refractivity contribution in [3.63, 3.8) is 0 Å². The third-order valence-electron chi connectivity index (χ3n) is 2.67. The van der Waals surface area contributed by atoms with Crippen molar-refractivity contribution in [1.29, 1.82) is 0 Å². The lowest BCUT2D eigenvalue weighted by molar-refractivity contribution is -0.135. The highest BCUT2D eigenvalue weighted by Crippen LogP contribution is 2.27. The minimum absolute atomic E-state index is 0.0846. The van der Waals surface area contributed by atoms with Crippen molar-refractivity contribution in [3.05, 3.63) is 48.0 Å². The van der Waals surface area contributed by atoms with Gasteiger partial charge in [-0.15, -0.1) is 0 Å². The van der Waals surface area contributed by atoms with Crippen LogP contribution < -0.4 is 0 Å². The fourth-order valence-corrected chi connectivity index (χ4v) is 1.68. The maximum Gasteiger partial charge on any atom is 0.251 e. The first-order chi connectivity index (χ1) is 6.70. The number of carbonyl (C=O) groups is 1. The third kappa shape index (κ3) is 1.33. The summed E-state index contributed by atoms with van der Waals surface area (Å²) in [5, 5.41) is 0. The molecule has 1 aromatic rings. The first-order valence-electron chi connectivity index (χ1n) is 4.74. The SMILES string of the molecule is C=C1CN(C(C)c2ccccc2)C1=O. The molecule has 2 rings (SSSR count). The van der Waals surface area contributed by atoms with Crippen LogP contribution in [0.2, 0.25) is 0 Å². The average Bonchev–Trinajstić information content (AvgIpc) is 2.25. The predicted molar refractivity (Wildman–Crippen MR) is 55.7 cm³/mol. The number of β-lactam (4-membered cyclic amide) rings is 1. The summed E-state index contributed by atoms with van der Waals surface area (Å²) in [7, 11) is 0. The summed E-state index contributed by atoms with van der Waals surface area (Å²) >= 11 is 0. The molecule has 0 spiro atoms. The van der Waals surface area contributed by atoms with Gasteiger partial charge in [0.05, 0.1) is 12.6 Å². The van der Waals surface area contributed by atoms with Crippen LogP contribution in [0.15, 0.2) is 42.5 Å². The monoisotopic (exact) mass is 187 g/mol.